The molecular weight excluding hydrogens is 488 g/mol. The first-order valence-corrected chi connectivity index (χ1v) is 13.5. The van der Waals surface area contributed by atoms with Crippen LogP contribution in [0.25, 0.3) is 22.2 Å². The molecule has 1 saturated heterocycles. The molecule has 3 aromatic heterocycles. The average molecular weight is 521 g/mol. The van der Waals surface area contributed by atoms with Crippen molar-refractivity contribution in [1.29, 1.82) is 0 Å². The molecule has 0 unspecified atom stereocenters. The molecule has 1 aliphatic heterocycles. The second kappa shape index (κ2) is 10.7. The van der Waals surface area contributed by atoms with E-state index in [0.717, 1.165) is 29.6 Å². The van der Waals surface area contributed by atoms with Crippen LogP contribution in [0.2, 0.25) is 0 Å². The lowest BCUT2D eigenvalue weighted by Crippen LogP contribution is -2.36. The number of carbonyl (C=O) groups excluding carboxylic acids is 1. The molecule has 0 aliphatic carbocycles. The smallest absolute Gasteiger partial charge is 0.258 e. The van der Waals surface area contributed by atoms with Gasteiger partial charge in [-0.05, 0) is 61.7 Å². The van der Waals surface area contributed by atoms with E-state index < -0.39 is 0 Å². The number of anilines is 1. The van der Waals surface area contributed by atoms with Crippen LogP contribution in [0.3, 0.4) is 0 Å². The molecule has 0 saturated carbocycles. The fourth-order valence-corrected chi connectivity index (χ4v) is 5.35. The summed E-state index contributed by atoms with van der Waals surface area (Å²) in [5.74, 6) is -0.291. The van der Waals surface area contributed by atoms with E-state index in [-0.39, 0.29) is 11.5 Å². The van der Waals surface area contributed by atoms with E-state index in [1.807, 2.05) is 36.4 Å². The van der Waals surface area contributed by atoms with Gasteiger partial charge in [-0.15, -0.1) is 0 Å². The minimum Gasteiger partial charge on any atom is -0.354 e. The quantitative estimate of drug-likeness (QED) is 0.268. The summed E-state index contributed by atoms with van der Waals surface area (Å²) in [6, 6.07) is 20.7. The summed E-state index contributed by atoms with van der Waals surface area (Å²) in [7, 11) is 0. The molecule has 39 heavy (non-hydrogen) atoms. The Morgan fingerprint density at radius 2 is 1.92 bits per heavy atom. The van der Waals surface area contributed by atoms with E-state index in [0.29, 0.717) is 35.1 Å². The first-order chi connectivity index (χ1) is 19.0. The predicted molar refractivity (Wildman–Crippen MR) is 154 cm³/mol. The Kier molecular flexibility index (Phi) is 6.85. The van der Waals surface area contributed by atoms with Gasteiger partial charge in [-0.3, -0.25) is 19.2 Å². The van der Waals surface area contributed by atoms with Crippen LogP contribution in [0.5, 0.6) is 0 Å². The van der Waals surface area contributed by atoms with Crippen LogP contribution in [0.4, 0.5) is 5.69 Å². The molecule has 1 aliphatic rings. The van der Waals surface area contributed by atoms with Gasteiger partial charge in [0.05, 0.1) is 35.2 Å². The molecule has 1 amide bonds. The molecule has 8 heteroatoms. The number of likely N-dealkylation sites (tertiary alicyclic amines) is 1. The van der Waals surface area contributed by atoms with Gasteiger partial charge >= 0.3 is 0 Å². The number of amides is 1. The summed E-state index contributed by atoms with van der Waals surface area (Å²) >= 11 is 0. The summed E-state index contributed by atoms with van der Waals surface area (Å²) < 4.78 is 1.73. The number of rotatable bonds is 7. The van der Waals surface area contributed by atoms with Gasteiger partial charge < -0.3 is 15.3 Å². The van der Waals surface area contributed by atoms with E-state index in [1.54, 1.807) is 23.1 Å². The Bertz CT molecular complexity index is 1670. The first kappa shape index (κ1) is 24.9. The number of nitrogens with one attached hydrogen (secondary N) is 3. The van der Waals surface area contributed by atoms with Crippen LogP contribution in [-0.2, 0) is 13.1 Å². The molecule has 0 radical (unpaired) electrons. The molecule has 0 spiro atoms. The lowest BCUT2D eigenvalue weighted by atomic mass is 10.0. The van der Waals surface area contributed by atoms with Crippen molar-refractivity contribution in [1.82, 2.24) is 24.6 Å². The Balaban J connectivity index is 1.18. The Hall–Kier alpha value is -4.43. The van der Waals surface area contributed by atoms with Crippen LogP contribution < -0.4 is 10.9 Å². The van der Waals surface area contributed by atoms with Crippen LogP contribution in [0.1, 0.15) is 47.7 Å². The Morgan fingerprint density at radius 3 is 2.77 bits per heavy atom. The van der Waals surface area contributed by atoms with Gasteiger partial charge in [0.2, 0.25) is 0 Å². The highest BCUT2D eigenvalue weighted by molar-refractivity contribution is 6.04. The maximum Gasteiger partial charge on any atom is 0.258 e. The van der Waals surface area contributed by atoms with Crippen LogP contribution in [-0.4, -0.2) is 43.1 Å². The van der Waals surface area contributed by atoms with Crippen LogP contribution >= 0.6 is 0 Å². The van der Waals surface area contributed by atoms with Gasteiger partial charge in [0.1, 0.15) is 0 Å². The van der Waals surface area contributed by atoms with Crippen molar-refractivity contribution in [2.75, 3.05) is 11.9 Å². The Labute approximate surface area is 226 Å². The van der Waals surface area contributed by atoms with Gasteiger partial charge in [-0.2, -0.15) is 5.10 Å². The number of pyridine rings is 1. The van der Waals surface area contributed by atoms with Crippen molar-refractivity contribution in [3.63, 3.8) is 0 Å². The highest BCUT2D eigenvalue weighted by atomic mass is 16.1. The van der Waals surface area contributed by atoms with Crippen molar-refractivity contribution in [2.45, 2.75) is 45.3 Å². The average Bonchev–Trinajstić information content (AvgIpc) is 3.59. The molecule has 0 bridgehead atoms. The SMILES string of the molecule is C[C@@H]1CCCCN1Cc1ccc2[nH]c(-c3cc(NC(=O)c4cnn(Cc5ccccc5)c4)c[nH]c3=O)cc2c1. The van der Waals surface area contributed by atoms with E-state index in [4.69, 9.17) is 0 Å². The maximum absolute atomic E-state index is 12.9. The van der Waals surface area contributed by atoms with Crippen molar-refractivity contribution in [3.8, 4) is 11.3 Å². The minimum absolute atomic E-state index is 0.224. The van der Waals surface area contributed by atoms with E-state index in [1.165, 1.54) is 31.0 Å². The maximum atomic E-state index is 12.9. The number of H-pyrrole nitrogens is 2. The van der Waals surface area contributed by atoms with E-state index >= 15 is 0 Å². The molecule has 5 aromatic rings. The molecule has 3 N–H and O–H groups in total. The third kappa shape index (κ3) is 5.56. The number of benzene rings is 2. The number of fused-ring (bicyclic) bond motifs is 1. The molecule has 6 rings (SSSR count). The summed E-state index contributed by atoms with van der Waals surface area (Å²) in [6.45, 7) is 4.96. The molecule has 8 nitrogen and oxygen atoms in total. The zero-order chi connectivity index (χ0) is 26.8. The third-order valence-corrected chi connectivity index (χ3v) is 7.55. The number of carbonyl (C=O) groups is 1. The van der Waals surface area contributed by atoms with Gasteiger partial charge in [0, 0.05) is 35.9 Å². The highest BCUT2D eigenvalue weighted by Crippen LogP contribution is 2.26. The number of aromatic amines is 2. The zero-order valence-electron chi connectivity index (χ0n) is 22.0. The summed E-state index contributed by atoms with van der Waals surface area (Å²) in [4.78, 5) is 34.3. The predicted octanol–water partition coefficient (Wildman–Crippen LogP) is 5.39. The number of nitrogens with zero attached hydrogens (tertiary/aromatic N) is 3. The second-order valence-corrected chi connectivity index (χ2v) is 10.4. The van der Waals surface area contributed by atoms with Gasteiger partial charge in [0.15, 0.2) is 0 Å². The van der Waals surface area contributed by atoms with Crippen molar-refractivity contribution in [2.24, 2.45) is 0 Å². The monoisotopic (exact) mass is 520 g/mol. The lowest BCUT2D eigenvalue weighted by molar-refractivity contribution is 0.102. The van der Waals surface area contributed by atoms with Crippen molar-refractivity contribution >= 4 is 22.5 Å². The van der Waals surface area contributed by atoms with Crippen molar-refractivity contribution < 1.29 is 4.79 Å². The number of aromatic nitrogens is 4. The molecule has 4 heterocycles. The van der Waals surface area contributed by atoms with Crippen LogP contribution in [0, 0.1) is 0 Å². The normalized spacial score (nSPS) is 16.0. The molecule has 1 fully saturated rings. The summed E-state index contributed by atoms with van der Waals surface area (Å²) in [5.41, 5.74) is 5.24. The molecule has 2 aromatic carbocycles. The van der Waals surface area contributed by atoms with E-state index in [2.05, 4.69) is 50.4 Å². The van der Waals surface area contributed by atoms with Gasteiger partial charge in [-0.1, -0.05) is 42.8 Å². The second-order valence-electron chi connectivity index (χ2n) is 10.4. The fourth-order valence-electron chi connectivity index (χ4n) is 5.35. The van der Waals surface area contributed by atoms with Gasteiger partial charge in [0.25, 0.3) is 11.5 Å². The molecule has 1 atom stereocenters. The van der Waals surface area contributed by atoms with Gasteiger partial charge in [-0.25, -0.2) is 0 Å². The first-order valence-electron chi connectivity index (χ1n) is 13.5. The highest BCUT2D eigenvalue weighted by Gasteiger charge is 2.18. The summed E-state index contributed by atoms with van der Waals surface area (Å²) in [6.07, 6.45) is 8.59. The topological polar surface area (TPSA) is 98.8 Å². The summed E-state index contributed by atoms with van der Waals surface area (Å²) in [5, 5.41) is 8.26. The largest absolute Gasteiger partial charge is 0.354 e. The Morgan fingerprint density at radius 1 is 1.05 bits per heavy atom. The number of hydrogen-bond donors (Lipinski definition) is 3. The van der Waals surface area contributed by atoms with E-state index in [9.17, 15) is 9.59 Å². The zero-order valence-corrected chi connectivity index (χ0v) is 22.0. The lowest BCUT2D eigenvalue weighted by Gasteiger charge is -2.33. The molecular formula is C31H32N6O2. The number of hydrogen-bond acceptors (Lipinski definition) is 4. The van der Waals surface area contributed by atoms with Crippen molar-refractivity contribution in [3.05, 3.63) is 106 Å². The standard InChI is InChI=1S/C31H32N6O2/c1-21-7-5-6-12-36(21)18-23-10-11-28-24(13-23)14-29(35-28)27-15-26(17-32-31(27)39)34-30(38)25-16-33-37(20-25)19-22-8-3-2-4-9-22/h2-4,8-11,13-17,20-21,35H,5-7,12,18-19H2,1H3,(H,32,39)(H,34,38)/t21-/m1/s1. The third-order valence-electron chi connectivity index (χ3n) is 7.55. The fraction of sp³-hybridized carbons (Fsp3) is 0.258. The van der Waals surface area contributed by atoms with Crippen LogP contribution in [0.15, 0.2) is 84.0 Å². The minimum atomic E-state index is -0.291. The number of piperidine rings is 1. The molecule has 198 valence electrons.